The maximum Gasteiger partial charge on any atom is 0.242 e. The lowest BCUT2D eigenvalue weighted by Gasteiger charge is -2.20. The summed E-state index contributed by atoms with van der Waals surface area (Å²) < 4.78 is 7.20. The molecule has 0 bridgehead atoms. The second-order valence-electron chi connectivity index (χ2n) is 6.18. The van der Waals surface area contributed by atoms with Crippen LogP contribution in [0.2, 0.25) is 0 Å². The van der Waals surface area contributed by atoms with Gasteiger partial charge in [-0.2, -0.15) is 5.10 Å². The van der Waals surface area contributed by atoms with Gasteiger partial charge in [0.2, 0.25) is 5.91 Å². The largest absolute Gasteiger partial charge is 0.381 e. The first-order chi connectivity index (χ1) is 11.6. The summed E-state index contributed by atoms with van der Waals surface area (Å²) in [5.74, 6) is 0.978. The van der Waals surface area contributed by atoms with E-state index in [1.807, 2.05) is 26.0 Å². The third-order valence-electron chi connectivity index (χ3n) is 4.12. The van der Waals surface area contributed by atoms with Crippen molar-refractivity contribution >= 4 is 5.91 Å². The summed E-state index contributed by atoms with van der Waals surface area (Å²) in [5.41, 5.74) is 2.70. The van der Waals surface area contributed by atoms with Gasteiger partial charge < -0.3 is 10.1 Å². The molecule has 2 aromatic heterocycles. The molecule has 0 aromatic carbocycles. The summed E-state index contributed by atoms with van der Waals surface area (Å²) in [6.45, 7) is 5.95. The van der Waals surface area contributed by atoms with Crippen molar-refractivity contribution in [1.29, 1.82) is 0 Å². The van der Waals surface area contributed by atoms with E-state index in [0.717, 1.165) is 42.4 Å². The molecule has 24 heavy (non-hydrogen) atoms. The average Bonchev–Trinajstić information content (AvgIpc) is 2.91. The highest BCUT2D eigenvalue weighted by Crippen LogP contribution is 2.22. The Bertz CT molecular complexity index is 707. The summed E-state index contributed by atoms with van der Waals surface area (Å²) in [4.78, 5) is 21.0. The highest BCUT2D eigenvalue weighted by Gasteiger charge is 2.19. The predicted octanol–water partition coefficient (Wildman–Crippen LogP) is 1.50. The number of ether oxygens (including phenoxy) is 1. The lowest BCUT2D eigenvalue weighted by atomic mass is 10.0. The van der Waals surface area contributed by atoms with Crippen molar-refractivity contribution in [3.05, 3.63) is 41.2 Å². The van der Waals surface area contributed by atoms with Crippen molar-refractivity contribution in [2.24, 2.45) is 0 Å². The Hall–Kier alpha value is -2.28. The van der Waals surface area contributed by atoms with Gasteiger partial charge in [0.05, 0.1) is 24.5 Å². The number of hydrogen-bond acceptors (Lipinski definition) is 5. The molecule has 2 aromatic rings. The average molecular weight is 329 g/mol. The summed E-state index contributed by atoms with van der Waals surface area (Å²) in [6.07, 6.45) is 3.84. The molecule has 3 heterocycles. The van der Waals surface area contributed by atoms with Crippen molar-refractivity contribution in [1.82, 2.24) is 25.1 Å². The van der Waals surface area contributed by atoms with Crippen LogP contribution >= 0.6 is 0 Å². The van der Waals surface area contributed by atoms with Gasteiger partial charge in [0.1, 0.15) is 12.4 Å². The zero-order chi connectivity index (χ0) is 16.9. The second kappa shape index (κ2) is 7.53. The Morgan fingerprint density at radius 1 is 1.46 bits per heavy atom. The van der Waals surface area contributed by atoms with Crippen molar-refractivity contribution < 1.29 is 9.53 Å². The molecule has 0 saturated carbocycles. The number of aryl methyl sites for hydroxylation is 2. The van der Waals surface area contributed by atoms with Crippen LogP contribution in [-0.4, -0.2) is 38.9 Å². The third kappa shape index (κ3) is 4.17. The van der Waals surface area contributed by atoms with E-state index >= 15 is 0 Å². The molecule has 7 nitrogen and oxygen atoms in total. The number of amides is 1. The number of nitrogens with zero attached hydrogens (tertiary/aromatic N) is 4. The van der Waals surface area contributed by atoms with Crippen LogP contribution in [0.1, 0.15) is 41.7 Å². The molecule has 1 aliphatic heterocycles. The van der Waals surface area contributed by atoms with E-state index in [-0.39, 0.29) is 18.4 Å². The Kier molecular flexibility index (Phi) is 5.20. The molecule has 1 unspecified atom stereocenters. The highest BCUT2D eigenvalue weighted by atomic mass is 16.5. The third-order valence-corrected chi connectivity index (χ3v) is 4.12. The zero-order valence-electron chi connectivity index (χ0n) is 14.2. The lowest BCUT2D eigenvalue weighted by molar-refractivity contribution is -0.122. The molecule has 0 aliphatic carbocycles. The standard InChI is InChI=1S/C17H23N5O2/c1-12-8-13(2)22(21-12)10-16(23)19-9-15-5-6-18-17(20-15)14-4-3-7-24-11-14/h5-6,8,14H,3-4,7,9-11H2,1-2H3,(H,19,23). The van der Waals surface area contributed by atoms with Crippen molar-refractivity contribution in [2.75, 3.05) is 13.2 Å². The van der Waals surface area contributed by atoms with Gasteiger partial charge in [0.15, 0.2) is 0 Å². The topological polar surface area (TPSA) is 81.9 Å². The number of hydrogen-bond donors (Lipinski definition) is 1. The van der Waals surface area contributed by atoms with Gasteiger partial charge in [-0.05, 0) is 38.8 Å². The van der Waals surface area contributed by atoms with E-state index in [2.05, 4.69) is 20.4 Å². The molecular weight excluding hydrogens is 306 g/mol. The van der Waals surface area contributed by atoms with E-state index in [1.54, 1.807) is 10.9 Å². The van der Waals surface area contributed by atoms with Gasteiger partial charge in [-0.15, -0.1) is 0 Å². The van der Waals surface area contributed by atoms with Crippen molar-refractivity contribution in [3.8, 4) is 0 Å². The first kappa shape index (κ1) is 16.6. The molecule has 1 aliphatic rings. The van der Waals surface area contributed by atoms with Crippen molar-refractivity contribution in [2.45, 2.75) is 45.7 Å². The normalized spacial score (nSPS) is 17.7. The maximum atomic E-state index is 12.1. The minimum Gasteiger partial charge on any atom is -0.381 e. The van der Waals surface area contributed by atoms with Crippen molar-refractivity contribution in [3.63, 3.8) is 0 Å². The van der Waals surface area contributed by atoms with Gasteiger partial charge in [0, 0.05) is 24.4 Å². The number of carbonyl (C=O) groups excluding carboxylic acids is 1. The molecule has 1 saturated heterocycles. The Morgan fingerprint density at radius 2 is 2.33 bits per heavy atom. The number of aromatic nitrogens is 4. The fourth-order valence-corrected chi connectivity index (χ4v) is 2.87. The van der Waals surface area contributed by atoms with Crippen LogP contribution in [0.5, 0.6) is 0 Å². The predicted molar refractivity (Wildman–Crippen MR) is 88.4 cm³/mol. The summed E-state index contributed by atoms with van der Waals surface area (Å²) in [6, 6.07) is 3.78. The van der Waals surface area contributed by atoms with E-state index in [1.165, 1.54) is 0 Å². The van der Waals surface area contributed by atoms with Crippen LogP contribution in [0.15, 0.2) is 18.3 Å². The molecule has 128 valence electrons. The van der Waals surface area contributed by atoms with Gasteiger partial charge in [-0.3, -0.25) is 9.48 Å². The molecule has 0 spiro atoms. The second-order valence-corrected chi connectivity index (χ2v) is 6.18. The van der Waals surface area contributed by atoms with E-state index < -0.39 is 0 Å². The molecule has 1 N–H and O–H groups in total. The quantitative estimate of drug-likeness (QED) is 0.899. The molecule has 7 heteroatoms. The summed E-state index contributed by atoms with van der Waals surface area (Å²) in [5, 5.41) is 7.19. The molecular formula is C17H23N5O2. The minimum absolute atomic E-state index is 0.0811. The van der Waals surface area contributed by atoms with Crippen LogP contribution in [0.4, 0.5) is 0 Å². The van der Waals surface area contributed by atoms with Gasteiger partial charge in [-0.1, -0.05) is 0 Å². The van der Waals surface area contributed by atoms with E-state index in [0.29, 0.717) is 13.2 Å². The minimum atomic E-state index is -0.0811. The fourth-order valence-electron chi connectivity index (χ4n) is 2.87. The Morgan fingerprint density at radius 3 is 3.04 bits per heavy atom. The van der Waals surface area contributed by atoms with Gasteiger partial charge in [0.25, 0.3) is 0 Å². The molecule has 0 radical (unpaired) electrons. The number of carbonyl (C=O) groups is 1. The van der Waals surface area contributed by atoms with E-state index in [9.17, 15) is 4.79 Å². The van der Waals surface area contributed by atoms with Gasteiger partial charge >= 0.3 is 0 Å². The van der Waals surface area contributed by atoms with Crippen LogP contribution in [0.3, 0.4) is 0 Å². The fraction of sp³-hybridized carbons (Fsp3) is 0.529. The summed E-state index contributed by atoms with van der Waals surface area (Å²) >= 11 is 0. The Labute approximate surface area is 141 Å². The first-order valence-electron chi connectivity index (χ1n) is 8.29. The number of rotatable bonds is 5. The lowest BCUT2D eigenvalue weighted by Crippen LogP contribution is -2.28. The zero-order valence-corrected chi connectivity index (χ0v) is 14.2. The molecule has 1 atom stereocenters. The van der Waals surface area contributed by atoms with Crippen LogP contribution in [0, 0.1) is 13.8 Å². The first-order valence-corrected chi connectivity index (χ1v) is 8.29. The highest BCUT2D eigenvalue weighted by molar-refractivity contribution is 5.75. The summed E-state index contributed by atoms with van der Waals surface area (Å²) in [7, 11) is 0. The van der Waals surface area contributed by atoms with Crippen LogP contribution < -0.4 is 5.32 Å². The monoisotopic (exact) mass is 329 g/mol. The molecule has 1 amide bonds. The molecule has 3 rings (SSSR count). The van der Waals surface area contributed by atoms with Gasteiger partial charge in [-0.25, -0.2) is 9.97 Å². The smallest absolute Gasteiger partial charge is 0.242 e. The Balaban J connectivity index is 1.56. The van der Waals surface area contributed by atoms with Crippen LogP contribution in [0.25, 0.3) is 0 Å². The number of nitrogens with one attached hydrogen (secondary N) is 1. The van der Waals surface area contributed by atoms with Crippen LogP contribution in [-0.2, 0) is 22.6 Å². The SMILES string of the molecule is Cc1cc(C)n(CC(=O)NCc2ccnc(C3CCCOC3)n2)n1. The van der Waals surface area contributed by atoms with E-state index in [4.69, 9.17) is 4.74 Å². The molecule has 1 fully saturated rings. The maximum absolute atomic E-state index is 12.1.